The lowest BCUT2D eigenvalue weighted by Crippen LogP contribution is -2.22. The first kappa shape index (κ1) is 19.0. The van der Waals surface area contributed by atoms with E-state index in [-0.39, 0.29) is 5.56 Å². The van der Waals surface area contributed by atoms with Crippen molar-refractivity contribution in [2.45, 2.75) is 26.7 Å². The average Bonchev–Trinajstić information content (AvgIpc) is 2.63. The van der Waals surface area contributed by atoms with Crippen LogP contribution in [0.5, 0.6) is 5.75 Å². The summed E-state index contributed by atoms with van der Waals surface area (Å²) >= 11 is 3.39. The topological polar surface area (TPSA) is 73.6 Å². The second-order valence-corrected chi connectivity index (χ2v) is 6.85. The van der Waals surface area contributed by atoms with Gasteiger partial charge in [0.25, 0.3) is 5.56 Å². The number of aromatic nitrogens is 2. The SMILES string of the molecule is CCCc1nc2ccc(Br)cc2c(=O)n1N=Cc1ccccc1OC(C)=O. The summed E-state index contributed by atoms with van der Waals surface area (Å²) in [5.74, 6) is 0.547. The van der Waals surface area contributed by atoms with Gasteiger partial charge in [0.2, 0.25) is 0 Å². The van der Waals surface area contributed by atoms with Gasteiger partial charge in [-0.25, -0.2) is 4.98 Å². The van der Waals surface area contributed by atoms with Gasteiger partial charge in [0.1, 0.15) is 11.6 Å². The van der Waals surface area contributed by atoms with E-state index in [1.54, 1.807) is 30.3 Å². The van der Waals surface area contributed by atoms with Gasteiger partial charge in [0, 0.05) is 23.4 Å². The highest BCUT2D eigenvalue weighted by molar-refractivity contribution is 9.10. The molecule has 0 unspecified atom stereocenters. The van der Waals surface area contributed by atoms with E-state index < -0.39 is 5.97 Å². The molecule has 27 heavy (non-hydrogen) atoms. The van der Waals surface area contributed by atoms with E-state index in [4.69, 9.17) is 4.74 Å². The Labute approximate surface area is 164 Å². The Morgan fingerprint density at radius 3 is 2.81 bits per heavy atom. The van der Waals surface area contributed by atoms with Gasteiger partial charge in [-0.2, -0.15) is 9.78 Å². The molecule has 3 aromatic rings. The highest BCUT2D eigenvalue weighted by Crippen LogP contribution is 2.18. The molecular formula is C20H18BrN3O3. The van der Waals surface area contributed by atoms with Crippen molar-refractivity contribution in [1.82, 2.24) is 9.66 Å². The van der Waals surface area contributed by atoms with Crippen LogP contribution >= 0.6 is 15.9 Å². The minimum atomic E-state index is -0.420. The van der Waals surface area contributed by atoms with Crippen LogP contribution < -0.4 is 10.3 Å². The van der Waals surface area contributed by atoms with E-state index in [0.717, 1.165) is 10.9 Å². The second kappa shape index (κ2) is 8.26. The smallest absolute Gasteiger partial charge is 0.308 e. The van der Waals surface area contributed by atoms with E-state index in [0.29, 0.717) is 34.5 Å². The fourth-order valence-corrected chi connectivity index (χ4v) is 3.02. The van der Waals surface area contributed by atoms with Crippen LogP contribution in [0.4, 0.5) is 0 Å². The molecule has 0 radical (unpaired) electrons. The van der Waals surface area contributed by atoms with E-state index in [1.165, 1.54) is 17.8 Å². The molecule has 0 amide bonds. The van der Waals surface area contributed by atoms with Crippen LogP contribution in [0, 0.1) is 0 Å². The van der Waals surface area contributed by atoms with Crippen molar-refractivity contribution in [3.8, 4) is 5.75 Å². The van der Waals surface area contributed by atoms with Crippen LogP contribution in [-0.2, 0) is 11.2 Å². The summed E-state index contributed by atoms with van der Waals surface area (Å²) < 4.78 is 7.30. The predicted octanol–water partition coefficient (Wildman–Crippen LogP) is 3.92. The third kappa shape index (κ3) is 4.31. The molecule has 0 fully saturated rings. The summed E-state index contributed by atoms with van der Waals surface area (Å²) in [6.07, 6.45) is 2.95. The normalized spacial score (nSPS) is 11.2. The fourth-order valence-electron chi connectivity index (χ4n) is 2.65. The summed E-state index contributed by atoms with van der Waals surface area (Å²) in [7, 11) is 0. The van der Waals surface area contributed by atoms with E-state index in [1.807, 2.05) is 19.1 Å². The van der Waals surface area contributed by atoms with Crippen LogP contribution in [0.25, 0.3) is 10.9 Å². The highest BCUT2D eigenvalue weighted by atomic mass is 79.9. The quantitative estimate of drug-likeness (QED) is 0.351. The maximum Gasteiger partial charge on any atom is 0.308 e. The molecule has 0 saturated heterocycles. The minimum absolute atomic E-state index is 0.244. The molecular weight excluding hydrogens is 410 g/mol. The number of hydrogen-bond acceptors (Lipinski definition) is 5. The van der Waals surface area contributed by atoms with Crippen molar-refractivity contribution in [3.05, 3.63) is 68.7 Å². The van der Waals surface area contributed by atoms with E-state index >= 15 is 0 Å². The Hall–Kier alpha value is -2.80. The van der Waals surface area contributed by atoms with E-state index in [2.05, 4.69) is 26.0 Å². The molecule has 1 heterocycles. The van der Waals surface area contributed by atoms with Crippen LogP contribution in [0.1, 0.15) is 31.7 Å². The number of hydrogen-bond donors (Lipinski definition) is 0. The Morgan fingerprint density at radius 1 is 1.30 bits per heavy atom. The molecule has 0 aliphatic carbocycles. The van der Waals surface area contributed by atoms with Crippen molar-refractivity contribution in [2.75, 3.05) is 0 Å². The number of esters is 1. The molecule has 6 nitrogen and oxygen atoms in total. The number of rotatable bonds is 5. The van der Waals surface area contributed by atoms with E-state index in [9.17, 15) is 9.59 Å². The molecule has 0 saturated carbocycles. The van der Waals surface area contributed by atoms with Crippen molar-refractivity contribution in [3.63, 3.8) is 0 Å². The molecule has 0 atom stereocenters. The van der Waals surface area contributed by atoms with Crippen LogP contribution in [0.2, 0.25) is 0 Å². The Morgan fingerprint density at radius 2 is 2.07 bits per heavy atom. The molecule has 7 heteroatoms. The van der Waals surface area contributed by atoms with Crippen LogP contribution in [0.15, 0.2) is 56.8 Å². The van der Waals surface area contributed by atoms with Gasteiger partial charge in [0.05, 0.1) is 17.1 Å². The van der Waals surface area contributed by atoms with Gasteiger partial charge in [-0.1, -0.05) is 35.0 Å². The number of para-hydroxylation sites is 1. The van der Waals surface area contributed by atoms with Gasteiger partial charge in [-0.3, -0.25) is 9.59 Å². The molecule has 2 aromatic carbocycles. The maximum atomic E-state index is 13.0. The Balaban J connectivity index is 2.12. The first-order chi connectivity index (χ1) is 13.0. The predicted molar refractivity (Wildman–Crippen MR) is 108 cm³/mol. The summed E-state index contributed by atoms with van der Waals surface area (Å²) in [4.78, 5) is 28.8. The summed E-state index contributed by atoms with van der Waals surface area (Å²) in [6, 6.07) is 12.4. The molecule has 0 aliphatic rings. The number of benzene rings is 2. The van der Waals surface area contributed by atoms with Gasteiger partial charge >= 0.3 is 5.97 Å². The molecule has 3 rings (SSSR count). The zero-order chi connectivity index (χ0) is 19.4. The lowest BCUT2D eigenvalue weighted by molar-refractivity contribution is -0.131. The number of halogens is 1. The molecule has 0 spiro atoms. The summed E-state index contributed by atoms with van der Waals surface area (Å²) in [6.45, 7) is 3.35. The monoisotopic (exact) mass is 427 g/mol. The fraction of sp³-hybridized carbons (Fsp3) is 0.200. The lowest BCUT2D eigenvalue weighted by atomic mass is 10.2. The largest absolute Gasteiger partial charge is 0.426 e. The number of fused-ring (bicyclic) bond motifs is 1. The first-order valence-electron chi connectivity index (χ1n) is 8.52. The highest BCUT2D eigenvalue weighted by Gasteiger charge is 2.11. The molecule has 0 N–H and O–H groups in total. The lowest BCUT2D eigenvalue weighted by Gasteiger charge is -2.09. The van der Waals surface area contributed by atoms with Crippen LogP contribution in [-0.4, -0.2) is 21.8 Å². The second-order valence-electron chi connectivity index (χ2n) is 5.93. The number of carbonyl (C=O) groups is 1. The van der Waals surface area contributed by atoms with Crippen molar-refractivity contribution >= 4 is 39.0 Å². The third-order valence-corrected chi connectivity index (χ3v) is 4.33. The standard InChI is InChI=1S/C20H18BrN3O3/c1-3-6-19-23-17-10-9-15(21)11-16(17)20(26)24(19)22-12-14-7-4-5-8-18(14)27-13(2)25/h4-5,7-12H,3,6H2,1-2H3. The summed E-state index contributed by atoms with van der Waals surface area (Å²) in [5, 5.41) is 4.83. The van der Waals surface area contributed by atoms with Crippen LogP contribution in [0.3, 0.4) is 0 Å². The molecule has 1 aromatic heterocycles. The minimum Gasteiger partial charge on any atom is -0.426 e. The number of aryl methyl sites for hydroxylation is 1. The number of nitrogens with zero attached hydrogens (tertiary/aromatic N) is 3. The Bertz CT molecular complexity index is 1090. The number of ether oxygens (including phenoxy) is 1. The molecule has 138 valence electrons. The van der Waals surface area contributed by atoms with Gasteiger partial charge in [-0.15, -0.1) is 0 Å². The zero-order valence-corrected chi connectivity index (χ0v) is 16.6. The maximum absolute atomic E-state index is 13.0. The summed E-state index contributed by atoms with van der Waals surface area (Å²) in [5.41, 5.74) is 0.987. The van der Waals surface area contributed by atoms with Crippen molar-refractivity contribution in [1.29, 1.82) is 0 Å². The van der Waals surface area contributed by atoms with Gasteiger partial charge in [0.15, 0.2) is 0 Å². The first-order valence-corrected chi connectivity index (χ1v) is 9.32. The Kier molecular flexibility index (Phi) is 5.81. The van der Waals surface area contributed by atoms with Crippen molar-refractivity contribution < 1.29 is 9.53 Å². The molecule has 0 bridgehead atoms. The van der Waals surface area contributed by atoms with Gasteiger partial charge < -0.3 is 4.74 Å². The third-order valence-electron chi connectivity index (χ3n) is 3.83. The zero-order valence-electron chi connectivity index (χ0n) is 15.0. The molecule has 0 aliphatic heterocycles. The average molecular weight is 428 g/mol. The number of carbonyl (C=O) groups excluding carboxylic acids is 1. The van der Waals surface area contributed by atoms with Gasteiger partial charge in [-0.05, 0) is 36.8 Å². The van der Waals surface area contributed by atoms with Crippen molar-refractivity contribution in [2.24, 2.45) is 5.10 Å².